The molecule has 1 aliphatic heterocycles. The zero-order valence-electron chi connectivity index (χ0n) is 14.3. The number of aliphatic hydroxyl groups is 2. The number of pyridine rings is 1. The number of rotatable bonds is 4. The Hall–Kier alpha value is -1.40. The van der Waals surface area contributed by atoms with Crippen LogP contribution in [0, 0.1) is 6.92 Å². The molecule has 0 spiro atoms. The molecule has 1 unspecified atom stereocenters. The molecule has 0 aromatic carbocycles. The van der Waals surface area contributed by atoms with Gasteiger partial charge in [0, 0.05) is 5.69 Å². The van der Waals surface area contributed by atoms with Crippen molar-refractivity contribution in [2.45, 2.75) is 37.9 Å². The minimum absolute atomic E-state index is 0.425. The van der Waals surface area contributed by atoms with E-state index in [9.17, 15) is 10.2 Å². The molecule has 0 amide bonds. The van der Waals surface area contributed by atoms with Gasteiger partial charge in [0.2, 0.25) is 0 Å². The van der Waals surface area contributed by atoms with Crippen molar-refractivity contribution in [3.63, 3.8) is 0 Å². The molecule has 2 aromatic rings. The second-order valence-electron chi connectivity index (χ2n) is 7.17. The molecule has 1 saturated heterocycles. The average Bonchev–Trinajstić information content (AvgIpc) is 3.00. The van der Waals surface area contributed by atoms with Crippen molar-refractivity contribution in [1.82, 2.24) is 14.5 Å². The van der Waals surface area contributed by atoms with Gasteiger partial charge in [-0.2, -0.15) is 0 Å². The Morgan fingerprint density at radius 3 is 2.75 bits per heavy atom. The Balaban J connectivity index is 1.89. The number of nitrogens with two attached hydrogens (primary N) is 1. The van der Waals surface area contributed by atoms with Crippen molar-refractivity contribution in [3.8, 4) is 0 Å². The first-order valence-corrected chi connectivity index (χ1v) is 11.0. The molecule has 24 heavy (non-hydrogen) atoms. The van der Waals surface area contributed by atoms with E-state index in [0.717, 1.165) is 11.9 Å². The highest BCUT2D eigenvalue weighted by Gasteiger charge is 2.44. The highest BCUT2D eigenvalue weighted by molar-refractivity contribution is 7.72. The quantitative estimate of drug-likeness (QED) is 0.710. The number of hydrogen-bond donors (Lipinski definition) is 3. The largest absolute Gasteiger partial charge is 0.397 e. The van der Waals surface area contributed by atoms with Crippen molar-refractivity contribution < 1.29 is 14.9 Å². The van der Waals surface area contributed by atoms with Crippen LogP contribution in [-0.4, -0.2) is 68.9 Å². The monoisotopic (exact) mass is 352 g/mol. The van der Waals surface area contributed by atoms with Gasteiger partial charge in [0.25, 0.3) is 0 Å². The topological polar surface area (TPSA) is 106 Å². The SMILES string of the molecule is C=P(C)(C)CC[C@H]1OC(n2cnc3c(N)cc(C)nc32)[C@H](O)[C@@H]1O. The summed E-state index contributed by atoms with van der Waals surface area (Å²) in [4.78, 5) is 8.73. The number of anilines is 1. The second-order valence-corrected chi connectivity index (χ2v) is 11.5. The lowest BCUT2D eigenvalue weighted by Gasteiger charge is -2.18. The van der Waals surface area contributed by atoms with Gasteiger partial charge in [0.1, 0.15) is 17.7 Å². The van der Waals surface area contributed by atoms with Gasteiger partial charge in [0.05, 0.1) is 18.1 Å². The van der Waals surface area contributed by atoms with E-state index in [-0.39, 0.29) is 0 Å². The summed E-state index contributed by atoms with van der Waals surface area (Å²) in [5.41, 5.74) is 8.39. The molecule has 2 aromatic heterocycles. The van der Waals surface area contributed by atoms with E-state index in [0.29, 0.717) is 23.3 Å². The standard InChI is InChI=1S/C16H25N4O3P/c1-9-7-10(17)12-15(19-9)20(8-18-12)16-14(22)13(21)11(23-16)5-6-24(2,3)4/h7-8,11,13-14,16,21-22H,2,5-6H2,1,3-4H3,(H2,17,19)/t11-,13-,14-,16?/m1/s1. The van der Waals surface area contributed by atoms with Gasteiger partial charge < -0.3 is 20.7 Å². The Morgan fingerprint density at radius 1 is 1.38 bits per heavy atom. The maximum absolute atomic E-state index is 10.4. The predicted octanol–water partition coefficient (Wildman–Crippen LogP) is 1.04. The zero-order valence-corrected chi connectivity index (χ0v) is 15.1. The number of aromatic nitrogens is 3. The smallest absolute Gasteiger partial charge is 0.165 e. The van der Waals surface area contributed by atoms with Crippen LogP contribution in [0.5, 0.6) is 0 Å². The van der Waals surface area contributed by atoms with Gasteiger partial charge >= 0.3 is 0 Å². The van der Waals surface area contributed by atoms with E-state index in [1.54, 1.807) is 17.0 Å². The van der Waals surface area contributed by atoms with Crippen LogP contribution in [-0.2, 0) is 4.74 Å². The molecule has 8 heteroatoms. The lowest BCUT2D eigenvalue weighted by molar-refractivity contribution is -0.0353. The maximum atomic E-state index is 10.4. The molecule has 1 fully saturated rings. The number of nitrogens with zero attached hydrogens (tertiary/aromatic N) is 3. The van der Waals surface area contributed by atoms with Gasteiger partial charge in [-0.3, -0.25) is 4.57 Å². The Labute approximate surface area is 141 Å². The number of fused-ring (bicyclic) bond motifs is 1. The first-order chi connectivity index (χ1) is 11.2. The Morgan fingerprint density at radius 2 is 2.08 bits per heavy atom. The highest BCUT2D eigenvalue weighted by atomic mass is 31.2. The van der Waals surface area contributed by atoms with E-state index in [1.807, 2.05) is 6.92 Å². The summed E-state index contributed by atoms with van der Waals surface area (Å²) in [5.74, 6) is 0. The summed E-state index contributed by atoms with van der Waals surface area (Å²) in [7, 11) is 0. The third kappa shape index (κ3) is 3.22. The number of imidazole rings is 1. The fourth-order valence-corrected chi connectivity index (χ4v) is 3.98. The normalized spacial score (nSPS) is 27.9. The molecule has 0 aliphatic carbocycles. The minimum atomic E-state index is -1.22. The molecular weight excluding hydrogens is 327 g/mol. The van der Waals surface area contributed by atoms with E-state index < -0.39 is 31.4 Å². The Bertz CT molecular complexity index is 800. The average molecular weight is 352 g/mol. The molecule has 4 N–H and O–H groups in total. The van der Waals surface area contributed by atoms with Crippen LogP contribution in [0.2, 0.25) is 0 Å². The number of aryl methyl sites for hydroxylation is 1. The number of hydrogen-bond acceptors (Lipinski definition) is 6. The van der Waals surface area contributed by atoms with Crippen LogP contribution in [0.15, 0.2) is 12.4 Å². The maximum Gasteiger partial charge on any atom is 0.165 e. The minimum Gasteiger partial charge on any atom is -0.397 e. The zero-order chi connectivity index (χ0) is 17.6. The van der Waals surface area contributed by atoms with Crippen molar-refractivity contribution >= 4 is 30.0 Å². The van der Waals surface area contributed by atoms with E-state index in [1.165, 1.54) is 0 Å². The molecule has 0 saturated carbocycles. The van der Waals surface area contributed by atoms with E-state index in [4.69, 9.17) is 10.5 Å². The van der Waals surface area contributed by atoms with Crippen LogP contribution in [0.4, 0.5) is 5.69 Å². The lowest BCUT2D eigenvalue weighted by Crippen LogP contribution is -2.31. The van der Waals surface area contributed by atoms with Crippen molar-refractivity contribution in [1.29, 1.82) is 0 Å². The molecule has 1 aliphatic rings. The van der Waals surface area contributed by atoms with Crippen LogP contribution in [0.1, 0.15) is 18.3 Å². The second kappa shape index (κ2) is 6.15. The number of ether oxygens (including phenoxy) is 1. The molecular formula is C16H25N4O3P. The number of aliphatic hydroxyl groups excluding tert-OH is 2. The number of nitrogen functional groups attached to an aromatic ring is 1. The van der Waals surface area contributed by atoms with Gasteiger partial charge in [-0.1, -0.05) is 0 Å². The fraction of sp³-hybridized carbons (Fsp3) is 0.562. The highest BCUT2D eigenvalue weighted by Crippen LogP contribution is 2.40. The van der Waals surface area contributed by atoms with Crippen molar-refractivity contribution in [2.24, 2.45) is 0 Å². The lowest BCUT2D eigenvalue weighted by atomic mass is 10.1. The molecule has 0 radical (unpaired) electrons. The van der Waals surface area contributed by atoms with Gasteiger partial charge in [0.15, 0.2) is 11.9 Å². The van der Waals surface area contributed by atoms with Crippen LogP contribution < -0.4 is 5.73 Å². The molecule has 3 rings (SSSR count). The molecule has 7 nitrogen and oxygen atoms in total. The molecule has 0 bridgehead atoms. The molecule has 132 valence electrons. The van der Waals surface area contributed by atoms with Gasteiger partial charge in [-0.05, 0) is 38.9 Å². The molecule has 3 heterocycles. The van der Waals surface area contributed by atoms with Crippen LogP contribution >= 0.6 is 6.89 Å². The third-order valence-corrected chi connectivity index (χ3v) is 5.79. The van der Waals surface area contributed by atoms with Crippen molar-refractivity contribution in [2.75, 3.05) is 25.2 Å². The summed E-state index contributed by atoms with van der Waals surface area (Å²) in [6.07, 6.45) is 4.15. The van der Waals surface area contributed by atoms with Gasteiger partial charge in [-0.15, -0.1) is 13.2 Å². The summed E-state index contributed by atoms with van der Waals surface area (Å²) >= 11 is 0. The third-order valence-electron chi connectivity index (χ3n) is 4.32. The van der Waals surface area contributed by atoms with E-state index >= 15 is 0 Å². The van der Waals surface area contributed by atoms with Crippen LogP contribution in [0.25, 0.3) is 11.2 Å². The van der Waals surface area contributed by atoms with Crippen molar-refractivity contribution in [3.05, 3.63) is 18.1 Å². The first kappa shape index (κ1) is 17.4. The summed E-state index contributed by atoms with van der Waals surface area (Å²) < 4.78 is 7.60. The fourth-order valence-electron chi connectivity index (χ4n) is 3.02. The molecule has 4 atom stereocenters. The summed E-state index contributed by atoms with van der Waals surface area (Å²) in [6.45, 7) is 4.91. The van der Waals surface area contributed by atoms with Gasteiger partial charge in [-0.25, -0.2) is 9.97 Å². The van der Waals surface area contributed by atoms with E-state index in [2.05, 4.69) is 29.6 Å². The summed E-state index contributed by atoms with van der Waals surface area (Å²) in [6, 6.07) is 1.75. The van der Waals surface area contributed by atoms with Crippen LogP contribution in [0.3, 0.4) is 0 Å². The first-order valence-electron chi connectivity index (χ1n) is 7.96. The predicted molar refractivity (Wildman–Crippen MR) is 98.0 cm³/mol. The Kier molecular flexibility index (Phi) is 4.47. The summed E-state index contributed by atoms with van der Waals surface area (Å²) in [5, 5.41) is 20.8.